The maximum absolute atomic E-state index is 16.1. The van der Waals surface area contributed by atoms with Gasteiger partial charge in [-0.3, -0.25) is 9.59 Å². The summed E-state index contributed by atoms with van der Waals surface area (Å²) >= 11 is 0. The molecule has 2 fully saturated rings. The van der Waals surface area contributed by atoms with Crippen LogP contribution in [0, 0.1) is 11.6 Å². The molecule has 7 rings (SSSR count). The van der Waals surface area contributed by atoms with E-state index in [-0.39, 0.29) is 48.4 Å². The largest absolute Gasteiger partial charge is 0.456 e. The van der Waals surface area contributed by atoms with Crippen LogP contribution in [0.4, 0.5) is 8.78 Å². The fourth-order valence-corrected chi connectivity index (χ4v) is 9.52. The molecule has 306 valence electrons. The van der Waals surface area contributed by atoms with Gasteiger partial charge in [-0.05, 0) is 74.2 Å². The maximum atomic E-state index is 16.1. The molecule has 0 spiro atoms. The lowest BCUT2D eigenvalue weighted by atomic mass is 10.1. The van der Waals surface area contributed by atoms with Crippen LogP contribution in [-0.2, 0) is 32.5 Å². The number of hydrogen-bond donors (Lipinski definition) is 0. The lowest BCUT2D eigenvalue weighted by Crippen LogP contribution is -2.30. The summed E-state index contributed by atoms with van der Waals surface area (Å²) in [6, 6.07) is 11.4. The molecular formula is C42H56F2N6O5Si2. The van der Waals surface area contributed by atoms with Gasteiger partial charge in [-0.2, -0.15) is 0 Å². The third kappa shape index (κ3) is 8.81. The zero-order valence-corrected chi connectivity index (χ0v) is 36.6. The van der Waals surface area contributed by atoms with Gasteiger partial charge in [0.25, 0.3) is 0 Å². The zero-order valence-electron chi connectivity index (χ0n) is 34.6. The highest BCUT2D eigenvalue weighted by Gasteiger charge is 2.35. The second kappa shape index (κ2) is 16.2. The average molecular weight is 819 g/mol. The van der Waals surface area contributed by atoms with E-state index >= 15 is 8.78 Å². The zero-order chi connectivity index (χ0) is 40.8. The number of likely N-dealkylation sites (tertiary alicyclic amines) is 2. The lowest BCUT2D eigenvalue weighted by molar-refractivity contribution is -0.130. The topological polar surface area (TPSA) is 108 Å². The molecule has 0 saturated carbocycles. The molecule has 0 aliphatic carbocycles. The molecule has 2 aliphatic rings. The Kier molecular flexibility index (Phi) is 11.7. The number of halogens is 2. The van der Waals surface area contributed by atoms with Crippen molar-refractivity contribution in [2.45, 2.75) is 116 Å². The van der Waals surface area contributed by atoms with Crippen LogP contribution in [-0.4, -0.2) is 83.2 Å². The monoisotopic (exact) mass is 818 g/mol. The fraction of sp³-hybridized carbons (Fsp3) is 0.524. The van der Waals surface area contributed by atoms with Gasteiger partial charge in [-0.1, -0.05) is 39.3 Å². The van der Waals surface area contributed by atoms with E-state index < -0.39 is 27.8 Å². The molecule has 5 aromatic rings. The van der Waals surface area contributed by atoms with E-state index in [2.05, 4.69) is 39.3 Å². The van der Waals surface area contributed by atoms with Crippen molar-refractivity contribution in [3.05, 3.63) is 59.7 Å². The van der Waals surface area contributed by atoms with E-state index in [0.29, 0.717) is 71.6 Å². The van der Waals surface area contributed by atoms with Crippen LogP contribution in [0.5, 0.6) is 0 Å². The van der Waals surface area contributed by atoms with Crippen LogP contribution >= 0.6 is 0 Å². The minimum atomic E-state index is -1.36. The van der Waals surface area contributed by atoms with Gasteiger partial charge in [-0.25, -0.2) is 18.7 Å². The number of ether oxygens (including phenoxy) is 2. The van der Waals surface area contributed by atoms with Crippen molar-refractivity contribution in [1.29, 1.82) is 0 Å². The lowest BCUT2D eigenvalue weighted by Gasteiger charge is -2.24. The molecule has 11 nitrogen and oxygen atoms in total. The van der Waals surface area contributed by atoms with Crippen LogP contribution in [0.15, 0.2) is 40.8 Å². The van der Waals surface area contributed by atoms with E-state index in [9.17, 15) is 9.59 Å². The minimum Gasteiger partial charge on any atom is -0.456 e. The Hall–Kier alpha value is -4.19. The first-order valence-corrected chi connectivity index (χ1v) is 27.6. The van der Waals surface area contributed by atoms with Crippen LogP contribution in [0.3, 0.4) is 0 Å². The number of fused-ring (bicyclic) bond motifs is 2. The summed E-state index contributed by atoms with van der Waals surface area (Å²) in [4.78, 5) is 38.3. The summed E-state index contributed by atoms with van der Waals surface area (Å²) in [7, 11) is -2.71. The third-order valence-electron chi connectivity index (χ3n) is 11.2. The van der Waals surface area contributed by atoms with Crippen molar-refractivity contribution < 1.29 is 32.3 Å². The summed E-state index contributed by atoms with van der Waals surface area (Å²) in [5.74, 6) is 0.904. The van der Waals surface area contributed by atoms with Crippen molar-refractivity contribution in [3.8, 4) is 22.6 Å². The van der Waals surface area contributed by atoms with Crippen molar-refractivity contribution >= 4 is 50.0 Å². The second-order valence-corrected chi connectivity index (χ2v) is 29.3. The number of rotatable bonds is 14. The van der Waals surface area contributed by atoms with E-state index in [1.165, 1.54) is 12.1 Å². The first kappa shape index (κ1) is 41.0. The number of amides is 2. The molecule has 0 N–H and O–H groups in total. The Bertz CT molecular complexity index is 2130. The highest BCUT2D eigenvalue weighted by atomic mass is 28.3. The predicted octanol–water partition coefficient (Wildman–Crippen LogP) is 9.58. The van der Waals surface area contributed by atoms with Crippen LogP contribution in [0.25, 0.3) is 44.7 Å². The van der Waals surface area contributed by atoms with E-state index in [1.54, 1.807) is 35.8 Å². The van der Waals surface area contributed by atoms with Crippen molar-refractivity contribution in [2.24, 2.45) is 0 Å². The number of furan rings is 1. The molecule has 3 aromatic heterocycles. The van der Waals surface area contributed by atoms with Crippen molar-refractivity contribution in [3.63, 3.8) is 0 Å². The van der Waals surface area contributed by atoms with Gasteiger partial charge in [-0.15, -0.1) is 0 Å². The SMILES string of the molecule is CC(=O)N1CCCC1c1nc2c(F)cc(-c3ccc(-c4cc(F)c5nc(C6CCCN6C(C)=O)n(COCC[Si](C)(C)C)c5c4)o3)cc2n1COCC[Si](C)(C)C. The Balaban J connectivity index is 1.25. The Morgan fingerprint density at radius 2 is 1.11 bits per heavy atom. The van der Waals surface area contributed by atoms with Gasteiger partial charge < -0.3 is 32.8 Å². The van der Waals surface area contributed by atoms with Gasteiger partial charge in [0.1, 0.15) is 47.7 Å². The number of carbonyl (C=O) groups is 2. The molecule has 5 heterocycles. The number of carbonyl (C=O) groups excluding carboxylic acids is 2. The number of nitrogens with zero attached hydrogens (tertiary/aromatic N) is 6. The Labute approximate surface area is 335 Å². The first-order chi connectivity index (χ1) is 27.0. The molecule has 0 bridgehead atoms. The minimum absolute atomic E-state index is 0.0416. The van der Waals surface area contributed by atoms with Crippen LogP contribution in [0.2, 0.25) is 51.4 Å². The molecule has 2 aromatic carbocycles. The van der Waals surface area contributed by atoms with Gasteiger partial charge in [0, 0.05) is 67.4 Å². The van der Waals surface area contributed by atoms with Gasteiger partial charge in [0.05, 0.1) is 23.1 Å². The number of benzene rings is 2. The summed E-state index contributed by atoms with van der Waals surface area (Å²) in [5, 5.41) is 0. The average Bonchev–Trinajstić information content (AvgIpc) is 3.96. The van der Waals surface area contributed by atoms with E-state index in [0.717, 1.165) is 37.8 Å². The summed E-state index contributed by atoms with van der Waals surface area (Å²) < 4.78 is 54.7. The number of aromatic nitrogens is 4. The maximum Gasteiger partial charge on any atom is 0.220 e. The predicted molar refractivity (Wildman–Crippen MR) is 223 cm³/mol. The van der Waals surface area contributed by atoms with E-state index in [1.807, 2.05) is 21.3 Å². The molecule has 2 aliphatic heterocycles. The molecule has 15 heteroatoms. The van der Waals surface area contributed by atoms with Gasteiger partial charge in [0.15, 0.2) is 11.6 Å². The molecule has 57 heavy (non-hydrogen) atoms. The van der Waals surface area contributed by atoms with Crippen molar-refractivity contribution in [1.82, 2.24) is 28.9 Å². The van der Waals surface area contributed by atoms with Crippen LogP contribution in [0.1, 0.15) is 63.3 Å². The van der Waals surface area contributed by atoms with Crippen LogP contribution < -0.4 is 0 Å². The summed E-state index contributed by atoms with van der Waals surface area (Å²) in [6.07, 6.45) is 3.14. The fourth-order valence-electron chi connectivity index (χ4n) is 8.00. The molecule has 2 saturated heterocycles. The number of hydrogen-bond acceptors (Lipinski definition) is 7. The quantitative estimate of drug-likeness (QED) is 0.0812. The summed E-state index contributed by atoms with van der Waals surface area (Å²) in [6.45, 7) is 19.6. The molecule has 2 atom stereocenters. The standard InChI is InChI=1S/C42H56F2N6O5Si2/c1-27(51)47-15-9-11-33(47)41-45-39-31(43)21-29(23-35(39)49(41)25-53-17-19-56(3,4)5)37-13-14-38(55-37)30-22-32(44)40-36(24-30)50(26-54-18-20-57(6,7)8)42(46-40)34-12-10-16-48(34)28(2)52/h13-14,21-24,33-34H,9-12,15-20,25-26H2,1-8H3. The highest BCUT2D eigenvalue weighted by Crippen LogP contribution is 2.39. The molecular weight excluding hydrogens is 763 g/mol. The second-order valence-electron chi connectivity index (χ2n) is 18.0. The third-order valence-corrected chi connectivity index (χ3v) is 14.6. The number of imidazole rings is 2. The Morgan fingerprint density at radius 1 is 0.702 bits per heavy atom. The first-order valence-electron chi connectivity index (χ1n) is 20.2. The van der Waals surface area contributed by atoms with Gasteiger partial charge in [0.2, 0.25) is 11.8 Å². The molecule has 2 unspecified atom stereocenters. The highest BCUT2D eigenvalue weighted by molar-refractivity contribution is 6.76. The Morgan fingerprint density at radius 3 is 1.47 bits per heavy atom. The molecule has 0 radical (unpaired) electrons. The smallest absolute Gasteiger partial charge is 0.220 e. The molecule has 2 amide bonds. The summed E-state index contributed by atoms with van der Waals surface area (Å²) in [5.41, 5.74) is 2.49. The van der Waals surface area contributed by atoms with E-state index in [4.69, 9.17) is 23.9 Å². The van der Waals surface area contributed by atoms with Crippen molar-refractivity contribution in [2.75, 3.05) is 26.3 Å². The normalized spacial score (nSPS) is 17.9. The van der Waals surface area contributed by atoms with Gasteiger partial charge >= 0.3 is 0 Å².